The van der Waals surface area contributed by atoms with Gasteiger partial charge in [0.15, 0.2) is 6.10 Å². The van der Waals surface area contributed by atoms with Crippen LogP contribution in [-0.4, -0.2) is 54.5 Å². The first kappa shape index (κ1) is 25.7. The van der Waals surface area contributed by atoms with Crippen LogP contribution in [0.15, 0.2) is 30.3 Å². The zero-order valence-corrected chi connectivity index (χ0v) is 19.5. The Balaban J connectivity index is 1.75. The average molecular weight is 447 g/mol. The Morgan fingerprint density at radius 3 is 2.41 bits per heavy atom. The Bertz CT molecular complexity index is 710. The molecule has 178 valence electrons. The molecule has 2 atom stereocenters. The minimum absolute atomic E-state index is 0.146. The van der Waals surface area contributed by atoms with Gasteiger partial charge in [-0.2, -0.15) is 0 Å². The molecule has 1 heterocycles. The summed E-state index contributed by atoms with van der Waals surface area (Å²) in [5.41, 5.74) is 0. The van der Waals surface area contributed by atoms with E-state index in [0.29, 0.717) is 25.4 Å². The molecule has 1 aliphatic heterocycles. The van der Waals surface area contributed by atoms with Crippen molar-refractivity contribution in [2.24, 2.45) is 0 Å². The number of unbranched alkanes of at least 4 members (excludes halogenated alkanes) is 7. The Labute approximate surface area is 191 Å². The Hall–Kier alpha value is -2.57. The lowest BCUT2D eigenvalue weighted by Crippen LogP contribution is -2.60. The van der Waals surface area contributed by atoms with Crippen molar-refractivity contribution in [3.05, 3.63) is 30.3 Å². The number of nitrogens with zero attached hydrogens (tertiary/aromatic N) is 1. The Morgan fingerprint density at radius 1 is 1.06 bits per heavy atom. The number of benzene rings is 1. The molecule has 7 heteroatoms. The lowest BCUT2D eigenvalue weighted by atomic mass is 10.1. The highest BCUT2D eigenvalue weighted by molar-refractivity contribution is 5.93. The number of esters is 1. The molecular formula is C25H38N2O5. The number of piperazine rings is 1. The second-order valence-corrected chi connectivity index (χ2v) is 8.31. The van der Waals surface area contributed by atoms with Crippen LogP contribution in [0.4, 0.5) is 0 Å². The molecule has 0 spiro atoms. The van der Waals surface area contributed by atoms with Crippen molar-refractivity contribution in [3.63, 3.8) is 0 Å². The Kier molecular flexibility index (Phi) is 11.6. The second-order valence-electron chi connectivity index (χ2n) is 8.31. The van der Waals surface area contributed by atoms with Gasteiger partial charge in [0, 0.05) is 13.1 Å². The Morgan fingerprint density at radius 2 is 1.72 bits per heavy atom. The summed E-state index contributed by atoms with van der Waals surface area (Å²) < 4.78 is 11.0. The third-order valence-electron chi connectivity index (χ3n) is 5.64. The number of para-hydroxylation sites is 1. The van der Waals surface area contributed by atoms with Crippen molar-refractivity contribution >= 4 is 17.8 Å². The predicted octanol–water partition coefficient (Wildman–Crippen LogP) is 3.85. The molecule has 1 aromatic rings. The van der Waals surface area contributed by atoms with E-state index in [1.807, 2.05) is 18.2 Å². The van der Waals surface area contributed by atoms with Gasteiger partial charge in [-0.15, -0.1) is 0 Å². The van der Waals surface area contributed by atoms with Crippen LogP contribution in [0.2, 0.25) is 0 Å². The van der Waals surface area contributed by atoms with Crippen molar-refractivity contribution in [2.45, 2.75) is 83.8 Å². The van der Waals surface area contributed by atoms with Crippen LogP contribution in [0, 0.1) is 0 Å². The number of amides is 2. The zero-order valence-electron chi connectivity index (χ0n) is 19.5. The molecule has 7 nitrogen and oxygen atoms in total. The molecule has 0 aliphatic carbocycles. The van der Waals surface area contributed by atoms with E-state index in [2.05, 4.69) is 12.2 Å². The van der Waals surface area contributed by atoms with E-state index in [1.165, 1.54) is 37.0 Å². The SMILES string of the molecule is CCCCCCCCCCOC(=O)CC1C(=O)NCCN1C(=O)C(C)Oc1ccccc1. The van der Waals surface area contributed by atoms with Gasteiger partial charge in [0.05, 0.1) is 13.0 Å². The van der Waals surface area contributed by atoms with E-state index < -0.39 is 18.1 Å². The number of rotatable bonds is 14. The van der Waals surface area contributed by atoms with Gasteiger partial charge in [0.25, 0.3) is 5.91 Å². The fraction of sp³-hybridized carbons (Fsp3) is 0.640. The number of hydrogen-bond acceptors (Lipinski definition) is 5. The van der Waals surface area contributed by atoms with Gasteiger partial charge in [-0.1, -0.05) is 70.1 Å². The monoisotopic (exact) mass is 446 g/mol. The molecule has 0 saturated carbocycles. The summed E-state index contributed by atoms with van der Waals surface area (Å²) in [6, 6.07) is 8.19. The standard InChI is InChI=1S/C25H38N2O5/c1-3-4-5-6-7-8-9-13-18-31-23(28)19-22-24(29)26-16-17-27(22)25(30)20(2)32-21-14-11-10-12-15-21/h10-12,14-15,20,22H,3-9,13,16-19H2,1-2H3,(H,26,29). The van der Waals surface area contributed by atoms with E-state index >= 15 is 0 Å². The fourth-order valence-electron chi connectivity index (χ4n) is 3.81. The average Bonchev–Trinajstić information content (AvgIpc) is 2.79. The number of carbonyl (C=O) groups is 3. The van der Waals surface area contributed by atoms with Gasteiger partial charge >= 0.3 is 5.97 Å². The minimum atomic E-state index is -0.871. The minimum Gasteiger partial charge on any atom is -0.481 e. The van der Waals surface area contributed by atoms with Crippen LogP contribution in [0.25, 0.3) is 0 Å². The molecule has 32 heavy (non-hydrogen) atoms. The van der Waals surface area contributed by atoms with Gasteiger partial charge in [-0.3, -0.25) is 14.4 Å². The first-order valence-electron chi connectivity index (χ1n) is 12.0. The third-order valence-corrected chi connectivity index (χ3v) is 5.64. The number of nitrogens with one attached hydrogen (secondary N) is 1. The number of carbonyl (C=O) groups excluding carboxylic acids is 3. The third kappa shape index (κ3) is 8.89. The van der Waals surface area contributed by atoms with Gasteiger partial charge in [-0.05, 0) is 25.5 Å². The smallest absolute Gasteiger partial charge is 0.308 e. The fourth-order valence-corrected chi connectivity index (χ4v) is 3.81. The van der Waals surface area contributed by atoms with Crippen molar-refractivity contribution in [1.29, 1.82) is 0 Å². The summed E-state index contributed by atoms with van der Waals surface area (Å²) in [7, 11) is 0. The number of ether oxygens (including phenoxy) is 2. The van der Waals surface area contributed by atoms with Gasteiger partial charge in [0.2, 0.25) is 5.91 Å². The molecule has 1 fully saturated rings. The molecule has 2 amide bonds. The molecule has 1 saturated heterocycles. The van der Waals surface area contributed by atoms with E-state index in [0.717, 1.165) is 19.3 Å². The maximum absolute atomic E-state index is 12.9. The van der Waals surface area contributed by atoms with Crippen molar-refractivity contribution in [1.82, 2.24) is 10.2 Å². The lowest BCUT2D eigenvalue weighted by molar-refractivity contribution is -0.154. The largest absolute Gasteiger partial charge is 0.481 e. The molecule has 0 radical (unpaired) electrons. The van der Waals surface area contributed by atoms with E-state index in [1.54, 1.807) is 19.1 Å². The van der Waals surface area contributed by atoms with Gasteiger partial charge in [-0.25, -0.2) is 0 Å². The molecule has 1 aromatic carbocycles. The van der Waals surface area contributed by atoms with Crippen LogP contribution < -0.4 is 10.1 Å². The highest BCUT2D eigenvalue weighted by atomic mass is 16.5. The summed E-state index contributed by atoms with van der Waals surface area (Å²) in [6.07, 6.45) is 8.40. The summed E-state index contributed by atoms with van der Waals surface area (Å²) in [4.78, 5) is 39.1. The quantitative estimate of drug-likeness (QED) is 0.347. The normalized spacial score (nSPS) is 16.9. The number of hydrogen-bond donors (Lipinski definition) is 1. The van der Waals surface area contributed by atoms with Crippen molar-refractivity contribution < 1.29 is 23.9 Å². The summed E-state index contributed by atoms with van der Waals surface area (Å²) in [6.45, 7) is 4.90. The van der Waals surface area contributed by atoms with E-state index in [4.69, 9.17) is 9.47 Å². The molecule has 1 aliphatic rings. The summed E-state index contributed by atoms with van der Waals surface area (Å²) in [5.74, 6) is -0.523. The molecule has 0 aromatic heterocycles. The van der Waals surface area contributed by atoms with Crippen LogP contribution in [0.5, 0.6) is 5.75 Å². The zero-order chi connectivity index (χ0) is 23.2. The maximum Gasteiger partial charge on any atom is 0.308 e. The first-order valence-corrected chi connectivity index (χ1v) is 12.0. The highest BCUT2D eigenvalue weighted by Gasteiger charge is 2.37. The molecule has 2 unspecified atom stereocenters. The second kappa shape index (κ2) is 14.5. The van der Waals surface area contributed by atoms with Crippen LogP contribution in [0.1, 0.15) is 71.6 Å². The van der Waals surface area contributed by atoms with Crippen LogP contribution in [0.3, 0.4) is 0 Å². The molecular weight excluding hydrogens is 408 g/mol. The van der Waals surface area contributed by atoms with E-state index in [9.17, 15) is 14.4 Å². The highest BCUT2D eigenvalue weighted by Crippen LogP contribution is 2.16. The molecule has 2 rings (SSSR count). The molecule has 0 bridgehead atoms. The van der Waals surface area contributed by atoms with Gasteiger partial charge < -0.3 is 19.7 Å². The summed E-state index contributed by atoms with van der Waals surface area (Å²) in [5, 5.41) is 2.73. The van der Waals surface area contributed by atoms with E-state index in [-0.39, 0.29) is 18.2 Å². The lowest BCUT2D eigenvalue weighted by Gasteiger charge is -2.36. The van der Waals surface area contributed by atoms with Crippen LogP contribution >= 0.6 is 0 Å². The maximum atomic E-state index is 12.9. The molecule has 1 N–H and O–H groups in total. The van der Waals surface area contributed by atoms with Crippen molar-refractivity contribution in [2.75, 3.05) is 19.7 Å². The first-order chi connectivity index (χ1) is 15.5. The van der Waals surface area contributed by atoms with Gasteiger partial charge in [0.1, 0.15) is 11.8 Å². The predicted molar refractivity (Wildman–Crippen MR) is 123 cm³/mol. The summed E-state index contributed by atoms with van der Waals surface area (Å²) >= 11 is 0. The van der Waals surface area contributed by atoms with Crippen LogP contribution in [-0.2, 0) is 19.1 Å². The topological polar surface area (TPSA) is 84.9 Å². The van der Waals surface area contributed by atoms with Crippen molar-refractivity contribution in [3.8, 4) is 5.75 Å².